The number of benzene rings is 2. The zero-order valence-electron chi connectivity index (χ0n) is 11.4. The van der Waals surface area contributed by atoms with Gasteiger partial charge in [-0.3, -0.25) is 0 Å². The number of fused-ring (bicyclic) bond motifs is 1. The molecule has 3 aromatic rings. The van der Waals surface area contributed by atoms with E-state index in [0.29, 0.717) is 5.88 Å². The first-order chi connectivity index (χ1) is 10.1. The van der Waals surface area contributed by atoms with Gasteiger partial charge in [-0.15, -0.1) is 11.6 Å². The second-order valence-electron chi connectivity index (χ2n) is 4.90. The zero-order valence-corrected chi connectivity index (χ0v) is 15.3. The molecule has 0 aliphatic rings. The summed E-state index contributed by atoms with van der Waals surface area (Å²) in [5.41, 5.74) is 3.28. The molecule has 0 bridgehead atoms. The van der Waals surface area contributed by atoms with Crippen molar-refractivity contribution in [2.45, 2.75) is 18.8 Å². The van der Waals surface area contributed by atoms with E-state index in [9.17, 15) is 0 Å². The molecule has 21 heavy (non-hydrogen) atoms. The number of alkyl halides is 1. The van der Waals surface area contributed by atoms with Gasteiger partial charge in [-0.1, -0.05) is 44.0 Å². The van der Waals surface area contributed by atoms with Crippen LogP contribution in [-0.4, -0.2) is 9.55 Å². The molecule has 1 unspecified atom stereocenters. The lowest BCUT2D eigenvalue weighted by atomic mass is 10.1. The molecular weight excluding hydrogens is 415 g/mol. The summed E-state index contributed by atoms with van der Waals surface area (Å²) in [5.74, 6) is 1.28. The van der Waals surface area contributed by atoms with Crippen molar-refractivity contribution in [3.63, 3.8) is 0 Å². The second kappa shape index (κ2) is 6.11. The van der Waals surface area contributed by atoms with Gasteiger partial charge in [0, 0.05) is 8.95 Å². The summed E-state index contributed by atoms with van der Waals surface area (Å²) < 4.78 is 4.32. The number of aromatic nitrogens is 2. The van der Waals surface area contributed by atoms with E-state index in [4.69, 9.17) is 11.6 Å². The number of hydrogen-bond acceptors (Lipinski definition) is 1. The van der Waals surface area contributed by atoms with Gasteiger partial charge in [-0.2, -0.15) is 0 Å². The van der Waals surface area contributed by atoms with Crippen molar-refractivity contribution in [1.29, 1.82) is 0 Å². The average molecular weight is 429 g/mol. The minimum atomic E-state index is 0.163. The van der Waals surface area contributed by atoms with Gasteiger partial charge >= 0.3 is 0 Å². The van der Waals surface area contributed by atoms with Crippen LogP contribution in [0.15, 0.2) is 51.4 Å². The van der Waals surface area contributed by atoms with Crippen molar-refractivity contribution in [2.75, 3.05) is 0 Å². The smallest absolute Gasteiger partial charge is 0.125 e. The maximum absolute atomic E-state index is 6.10. The number of hydrogen-bond donors (Lipinski definition) is 0. The topological polar surface area (TPSA) is 17.8 Å². The average Bonchev–Trinajstić information content (AvgIpc) is 2.84. The maximum atomic E-state index is 6.10. The highest BCUT2D eigenvalue weighted by molar-refractivity contribution is 9.10. The third-order valence-corrected chi connectivity index (χ3v) is 4.79. The van der Waals surface area contributed by atoms with Crippen LogP contribution in [0, 0.1) is 0 Å². The molecule has 2 nitrogen and oxygen atoms in total. The predicted octanol–water partition coefficient (Wildman–Crippen LogP) is 5.91. The summed E-state index contributed by atoms with van der Waals surface area (Å²) in [6, 6.07) is 14.6. The Morgan fingerprint density at radius 1 is 1.14 bits per heavy atom. The molecule has 0 radical (unpaired) electrons. The Kier molecular flexibility index (Phi) is 4.38. The zero-order chi connectivity index (χ0) is 15.0. The Hall–Kier alpha value is -0.840. The van der Waals surface area contributed by atoms with E-state index in [2.05, 4.69) is 66.5 Å². The molecular formula is C16H13Br2ClN2. The Bertz CT molecular complexity index is 798. The van der Waals surface area contributed by atoms with Gasteiger partial charge in [0.15, 0.2) is 0 Å². The molecule has 1 atom stereocenters. The quantitative estimate of drug-likeness (QED) is 0.474. The summed E-state index contributed by atoms with van der Waals surface area (Å²) in [6.45, 7) is 2.17. The third kappa shape index (κ3) is 2.89. The van der Waals surface area contributed by atoms with Crippen LogP contribution in [0.3, 0.4) is 0 Å². The van der Waals surface area contributed by atoms with Crippen LogP contribution in [0.25, 0.3) is 11.0 Å². The Morgan fingerprint density at radius 3 is 2.62 bits per heavy atom. The molecule has 0 saturated heterocycles. The van der Waals surface area contributed by atoms with Crippen molar-refractivity contribution < 1.29 is 0 Å². The molecule has 108 valence electrons. The van der Waals surface area contributed by atoms with E-state index >= 15 is 0 Å². The first-order valence-corrected chi connectivity index (χ1v) is 8.70. The molecule has 0 spiro atoms. The highest BCUT2D eigenvalue weighted by Crippen LogP contribution is 2.29. The molecule has 2 aromatic carbocycles. The first kappa shape index (κ1) is 15.1. The molecule has 0 fully saturated rings. The molecule has 0 aliphatic heterocycles. The van der Waals surface area contributed by atoms with E-state index < -0.39 is 0 Å². The number of rotatable bonds is 3. The molecule has 1 heterocycles. The fraction of sp³-hybridized carbons (Fsp3) is 0.188. The number of nitrogens with zero attached hydrogens (tertiary/aromatic N) is 2. The van der Waals surface area contributed by atoms with Gasteiger partial charge < -0.3 is 4.57 Å². The van der Waals surface area contributed by atoms with Gasteiger partial charge in [0.1, 0.15) is 5.82 Å². The molecule has 3 rings (SSSR count). The summed E-state index contributed by atoms with van der Waals surface area (Å²) in [5, 5.41) is 0. The van der Waals surface area contributed by atoms with Crippen molar-refractivity contribution >= 4 is 54.5 Å². The number of halogens is 3. The predicted molar refractivity (Wildman–Crippen MR) is 94.9 cm³/mol. The summed E-state index contributed by atoms with van der Waals surface area (Å²) in [7, 11) is 0. The van der Waals surface area contributed by atoms with Gasteiger partial charge in [0.05, 0.1) is 23.0 Å². The summed E-state index contributed by atoms with van der Waals surface area (Å²) in [6.07, 6.45) is 0. The van der Waals surface area contributed by atoms with Crippen molar-refractivity contribution in [3.8, 4) is 0 Å². The minimum absolute atomic E-state index is 0.163. The van der Waals surface area contributed by atoms with Gasteiger partial charge in [0.25, 0.3) is 0 Å². The summed E-state index contributed by atoms with van der Waals surface area (Å²) >= 11 is 13.2. The van der Waals surface area contributed by atoms with Crippen LogP contribution in [0.4, 0.5) is 0 Å². The molecule has 0 N–H and O–H groups in total. The van der Waals surface area contributed by atoms with Crippen LogP contribution >= 0.6 is 43.5 Å². The number of imidazole rings is 1. The van der Waals surface area contributed by atoms with Gasteiger partial charge in [-0.25, -0.2) is 4.98 Å². The Labute approximate surface area is 145 Å². The fourth-order valence-corrected chi connectivity index (χ4v) is 3.51. The Morgan fingerprint density at radius 2 is 1.90 bits per heavy atom. The lowest BCUT2D eigenvalue weighted by Crippen LogP contribution is -2.10. The van der Waals surface area contributed by atoms with Crippen LogP contribution in [-0.2, 0) is 5.88 Å². The highest BCUT2D eigenvalue weighted by Gasteiger charge is 2.17. The van der Waals surface area contributed by atoms with Crippen LogP contribution in [0.2, 0.25) is 0 Å². The molecule has 0 amide bonds. The van der Waals surface area contributed by atoms with E-state index in [0.717, 1.165) is 25.8 Å². The summed E-state index contributed by atoms with van der Waals surface area (Å²) in [4.78, 5) is 4.64. The SMILES string of the molecule is CC(c1cccc(Br)c1)n1c(CCl)nc2ccc(Br)cc21. The second-order valence-corrected chi connectivity index (χ2v) is 6.99. The minimum Gasteiger partial charge on any atom is -0.320 e. The van der Waals surface area contributed by atoms with E-state index in [1.807, 2.05) is 24.3 Å². The normalized spacial score (nSPS) is 12.8. The van der Waals surface area contributed by atoms with Gasteiger partial charge in [0.2, 0.25) is 0 Å². The monoisotopic (exact) mass is 426 g/mol. The van der Waals surface area contributed by atoms with E-state index in [1.165, 1.54) is 5.56 Å². The van der Waals surface area contributed by atoms with Gasteiger partial charge in [-0.05, 0) is 42.8 Å². The maximum Gasteiger partial charge on any atom is 0.125 e. The lowest BCUT2D eigenvalue weighted by Gasteiger charge is -2.18. The first-order valence-electron chi connectivity index (χ1n) is 6.58. The van der Waals surface area contributed by atoms with Crippen molar-refractivity contribution in [1.82, 2.24) is 9.55 Å². The molecule has 5 heteroatoms. The van der Waals surface area contributed by atoms with Crippen LogP contribution in [0.1, 0.15) is 24.4 Å². The lowest BCUT2D eigenvalue weighted by molar-refractivity contribution is 0.633. The molecule has 1 aromatic heterocycles. The Balaban J connectivity index is 2.20. The van der Waals surface area contributed by atoms with E-state index in [1.54, 1.807) is 0 Å². The largest absolute Gasteiger partial charge is 0.320 e. The molecule has 0 aliphatic carbocycles. The molecule has 0 saturated carbocycles. The van der Waals surface area contributed by atoms with Crippen LogP contribution < -0.4 is 0 Å². The van der Waals surface area contributed by atoms with E-state index in [-0.39, 0.29) is 6.04 Å². The van der Waals surface area contributed by atoms with Crippen molar-refractivity contribution in [3.05, 3.63) is 62.8 Å². The van der Waals surface area contributed by atoms with Crippen LogP contribution in [0.5, 0.6) is 0 Å². The van der Waals surface area contributed by atoms with Crippen molar-refractivity contribution in [2.24, 2.45) is 0 Å². The fourth-order valence-electron chi connectivity index (χ4n) is 2.56. The third-order valence-electron chi connectivity index (χ3n) is 3.56. The highest BCUT2D eigenvalue weighted by atomic mass is 79.9. The standard InChI is InChI=1S/C16H13Br2ClN2/c1-10(11-3-2-4-12(17)7-11)21-15-8-13(18)5-6-14(15)20-16(21)9-19/h2-8,10H,9H2,1H3.